The highest BCUT2D eigenvalue weighted by atomic mass is 32.2. The molecule has 1 aliphatic heterocycles. The van der Waals surface area contributed by atoms with Gasteiger partial charge in [0.2, 0.25) is 10.0 Å². The third kappa shape index (κ3) is 2.82. The molecule has 2 unspecified atom stereocenters. The second kappa shape index (κ2) is 5.22. The van der Waals surface area contributed by atoms with Gasteiger partial charge in [0.25, 0.3) is 0 Å². The van der Waals surface area contributed by atoms with Gasteiger partial charge in [-0.2, -0.15) is 4.31 Å². The maximum absolute atomic E-state index is 12.4. The average Bonchev–Trinajstić information content (AvgIpc) is 2.82. The molecule has 0 aromatic carbocycles. The molecule has 0 spiro atoms. The number of aromatic carboxylic acids is 1. The Kier molecular flexibility index (Phi) is 3.98. The van der Waals surface area contributed by atoms with Gasteiger partial charge >= 0.3 is 5.97 Å². The molecule has 1 N–H and O–H groups in total. The van der Waals surface area contributed by atoms with E-state index < -0.39 is 16.0 Å². The van der Waals surface area contributed by atoms with Crippen LogP contribution in [0.5, 0.6) is 0 Å². The molecule has 1 saturated heterocycles. The second-order valence-electron chi connectivity index (χ2n) is 5.06. The number of hydrogen-bond acceptors (Lipinski definition) is 4. The van der Waals surface area contributed by atoms with Crippen LogP contribution >= 0.6 is 11.3 Å². The molecule has 2 heterocycles. The monoisotopic (exact) mass is 303 g/mol. The van der Waals surface area contributed by atoms with Crippen LogP contribution in [-0.4, -0.2) is 36.9 Å². The van der Waals surface area contributed by atoms with Crippen molar-refractivity contribution < 1.29 is 18.3 Å². The van der Waals surface area contributed by atoms with Crippen LogP contribution in [0.1, 0.15) is 29.9 Å². The zero-order valence-corrected chi connectivity index (χ0v) is 12.5. The van der Waals surface area contributed by atoms with Crippen LogP contribution in [-0.2, 0) is 10.0 Å². The van der Waals surface area contributed by atoms with Gasteiger partial charge in [0.1, 0.15) is 4.88 Å². The molecule has 2 atom stereocenters. The molecule has 1 fully saturated rings. The van der Waals surface area contributed by atoms with Gasteiger partial charge in [-0.25, -0.2) is 13.2 Å². The van der Waals surface area contributed by atoms with Gasteiger partial charge in [-0.15, -0.1) is 11.3 Å². The Balaban J connectivity index is 2.24. The highest BCUT2D eigenvalue weighted by Gasteiger charge is 2.32. The summed E-state index contributed by atoms with van der Waals surface area (Å²) < 4.78 is 26.3. The normalized spacial score (nSPS) is 25.4. The number of nitrogens with zero attached hydrogens (tertiary/aromatic N) is 1. The molecule has 0 radical (unpaired) electrons. The Morgan fingerprint density at radius 2 is 2.11 bits per heavy atom. The largest absolute Gasteiger partial charge is 0.477 e. The minimum atomic E-state index is -3.55. The van der Waals surface area contributed by atoms with Crippen molar-refractivity contribution in [3.63, 3.8) is 0 Å². The van der Waals surface area contributed by atoms with Crippen LogP contribution in [0, 0.1) is 11.8 Å². The molecule has 7 heteroatoms. The molecule has 0 bridgehead atoms. The number of carboxylic acid groups (broad SMARTS) is 1. The van der Waals surface area contributed by atoms with Crippen molar-refractivity contribution in [2.24, 2.45) is 11.8 Å². The molecule has 106 valence electrons. The number of piperidine rings is 1. The van der Waals surface area contributed by atoms with Gasteiger partial charge in [-0.1, -0.05) is 13.8 Å². The van der Waals surface area contributed by atoms with Gasteiger partial charge in [0.05, 0.1) is 4.90 Å². The first-order valence-electron chi connectivity index (χ1n) is 6.14. The van der Waals surface area contributed by atoms with E-state index in [0.717, 1.165) is 17.8 Å². The number of rotatable bonds is 3. The van der Waals surface area contributed by atoms with E-state index >= 15 is 0 Å². The molecule has 19 heavy (non-hydrogen) atoms. The van der Waals surface area contributed by atoms with E-state index in [0.29, 0.717) is 24.9 Å². The van der Waals surface area contributed by atoms with Crippen molar-refractivity contribution in [1.29, 1.82) is 0 Å². The fourth-order valence-electron chi connectivity index (χ4n) is 2.16. The fourth-order valence-corrected chi connectivity index (χ4v) is 4.81. The Hall–Kier alpha value is -0.920. The maximum Gasteiger partial charge on any atom is 0.345 e. The van der Waals surface area contributed by atoms with E-state index in [2.05, 4.69) is 6.92 Å². The Morgan fingerprint density at radius 3 is 2.63 bits per heavy atom. The Labute approximate surface area is 116 Å². The van der Waals surface area contributed by atoms with Crippen LogP contribution in [0.25, 0.3) is 0 Å². The first kappa shape index (κ1) is 14.5. The molecular weight excluding hydrogens is 286 g/mol. The molecular formula is C12H17NO4S2. The Morgan fingerprint density at radius 1 is 1.42 bits per heavy atom. The molecule has 1 aromatic rings. The van der Waals surface area contributed by atoms with Crippen LogP contribution in [0.4, 0.5) is 0 Å². The Bertz CT molecular complexity index is 578. The summed E-state index contributed by atoms with van der Waals surface area (Å²) in [7, 11) is -3.55. The van der Waals surface area contributed by atoms with Crippen molar-refractivity contribution in [3.8, 4) is 0 Å². The number of hydrogen-bond donors (Lipinski definition) is 1. The molecule has 0 amide bonds. The average molecular weight is 303 g/mol. The number of carbonyl (C=O) groups is 1. The predicted octanol–water partition coefficient (Wildman–Crippen LogP) is 2.11. The van der Waals surface area contributed by atoms with Gasteiger partial charge < -0.3 is 5.11 Å². The summed E-state index contributed by atoms with van der Waals surface area (Å²) in [4.78, 5) is 11.0. The van der Waals surface area contributed by atoms with Crippen molar-refractivity contribution in [2.45, 2.75) is 25.2 Å². The van der Waals surface area contributed by atoms with E-state index in [9.17, 15) is 13.2 Å². The lowest BCUT2D eigenvalue weighted by Crippen LogP contribution is -2.42. The van der Waals surface area contributed by atoms with E-state index in [1.807, 2.05) is 6.92 Å². The first-order valence-corrected chi connectivity index (χ1v) is 8.46. The van der Waals surface area contributed by atoms with Crippen LogP contribution < -0.4 is 0 Å². The lowest BCUT2D eigenvalue weighted by molar-refractivity contribution is 0.0702. The third-order valence-corrected chi connectivity index (χ3v) is 6.63. The highest BCUT2D eigenvalue weighted by Crippen LogP contribution is 2.29. The van der Waals surface area contributed by atoms with E-state index in [1.165, 1.54) is 15.8 Å². The maximum atomic E-state index is 12.4. The minimum Gasteiger partial charge on any atom is -0.477 e. The van der Waals surface area contributed by atoms with E-state index in [1.54, 1.807) is 0 Å². The summed E-state index contributed by atoms with van der Waals surface area (Å²) in [6.45, 7) is 5.18. The number of thiophene rings is 1. The molecule has 5 nitrogen and oxygen atoms in total. The third-order valence-electron chi connectivity index (χ3n) is 3.72. The lowest BCUT2D eigenvalue weighted by atomic mass is 9.90. The lowest BCUT2D eigenvalue weighted by Gasteiger charge is -2.34. The zero-order valence-electron chi connectivity index (χ0n) is 10.9. The summed E-state index contributed by atoms with van der Waals surface area (Å²) in [5, 5.41) is 10.3. The van der Waals surface area contributed by atoms with Gasteiger partial charge in [0.15, 0.2) is 0 Å². The molecule has 0 aliphatic carbocycles. The summed E-state index contributed by atoms with van der Waals surface area (Å²) in [5.74, 6) is -0.253. The summed E-state index contributed by atoms with van der Waals surface area (Å²) >= 11 is 0.944. The van der Waals surface area contributed by atoms with Crippen molar-refractivity contribution in [1.82, 2.24) is 4.31 Å². The SMILES string of the molecule is CC1CCN(S(=O)(=O)c2csc(C(=O)O)c2)CC1C. The number of carboxylic acids is 1. The topological polar surface area (TPSA) is 74.7 Å². The van der Waals surface area contributed by atoms with Crippen molar-refractivity contribution in [2.75, 3.05) is 13.1 Å². The summed E-state index contributed by atoms with van der Waals surface area (Å²) in [6, 6.07) is 1.24. The molecule has 1 aromatic heterocycles. The van der Waals surface area contributed by atoms with Crippen LogP contribution in [0.3, 0.4) is 0 Å². The van der Waals surface area contributed by atoms with Gasteiger partial charge in [-0.05, 0) is 24.3 Å². The highest BCUT2D eigenvalue weighted by molar-refractivity contribution is 7.89. The van der Waals surface area contributed by atoms with Crippen LogP contribution in [0.15, 0.2) is 16.3 Å². The van der Waals surface area contributed by atoms with Crippen molar-refractivity contribution >= 4 is 27.3 Å². The minimum absolute atomic E-state index is 0.0528. The quantitative estimate of drug-likeness (QED) is 0.928. The van der Waals surface area contributed by atoms with Crippen molar-refractivity contribution in [3.05, 3.63) is 16.3 Å². The van der Waals surface area contributed by atoms with E-state index in [-0.39, 0.29) is 9.77 Å². The molecule has 1 aliphatic rings. The number of sulfonamides is 1. The second-order valence-corrected chi connectivity index (χ2v) is 7.91. The zero-order chi connectivity index (χ0) is 14.2. The first-order chi connectivity index (χ1) is 8.82. The standard InChI is InChI=1S/C12H17NO4S2/c1-8-3-4-13(6-9(8)2)19(16,17)10-5-11(12(14)15)18-7-10/h5,7-9H,3-4,6H2,1-2H3,(H,14,15). The predicted molar refractivity (Wildman–Crippen MR) is 73.0 cm³/mol. The molecule has 0 saturated carbocycles. The van der Waals surface area contributed by atoms with E-state index in [4.69, 9.17) is 5.11 Å². The summed E-state index contributed by atoms with van der Waals surface area (Å²) in [5.41, 5.74) is 0. The van der Waals surface area contributed by atoms with Gasteiger partial charge in [0, 0.05) is 18.5 Å². The van der Waals surface area contributed by atoms with Gasteiger partial charge in [-0.3, -0.25) is 0 Å². The van der Waals surface area contributed by atoms with Crippen LogP contribution in [0.2, 0.25) is 0 Å². The summed E-state index contributed by atoms with van der Waals surface area (Å²) in [6.07, 6.45) is 0.844. The molecule has 2 rings (SSSR count). The fraction of sp³-hybridized carbons (Fsp3) is 0.583. The smallest absolute Gasteiger partial charge is 0.345 e.